The molecule has 0 aromatic heterocycles. The Bertz CT molecular complexity index is 2400. The van der Waals surface area contributed by atoms with E-state index < -0.39 is 101 Å². The lowest BCUT2D eigenvalue weighted by atomic mass is 10.1. The molecule has 33 nitrogen and oxygen atoms in total. The van der Waals surface area contributed by atoms with Crippen molar-refractivity contribution in [1.29, 1.82) is 0 Å². The first kappa shape index (κ1) is 87.7. The van der Waals surface area contributed by atoms with Crippen LogP contribution in [0, 0.1) is 23.3 Å². The highest BCUT2D eigenvalue weighted by atomic mass is 19.2. The van der Waals surface area contributed by atoms with Gasteiger partial charge < -0.3 is 98.5 Å². The lowest BCUT2D eigenvalue weighted by molar-refractivity contribution is -0.145. The van der Waals surface area contributed by atoms with E-state index in [1.807, 2.05) is 0 Å². The summed E-state index contributed by atoms with van der Waals surface area (Å²) in [6.45, 7) is 6.49. The Kier molecular flexibility index (Phi) is 50.4. The molecule has 8 N–H and O–H groups in total. The highest BCUT2D eigenvalue weighted by Gasteiger charge is 2.30. The minimum Gasteiger partial charge on any atom is -0.480 e. The Hall–Kier alpha value is -6.43. The van der Waals surface area contributed by atoms with Gasteiger partial charge in [0.15, 0.2) is 11.6 Å². The molecule has 0 spiro atoms. The number of halogens is 4. The number of amides is 4. The van der Waals surface area contributed by atoms with Crippen molar-refractivity contribution in [3.05, 3.63) is 29.3 Å². The number of hydrogen-bond acceptors (Lipinski definition) is 25. The van der Waals surface area contributed by atoms with Crippen LogP contribution in [0.1, 0.15) is 51.4 Å². The second-order valence-corrected chi connectivity index (χ2v) is 21.7. The zero-order chi connectivity index (χ0) is 72.0. The summed E-state index contributed by atoms with van der Waals surface area (Å²) in [5.74, 6) is -16.7. The first-order valence-electron chi connectivity index (χ1n) is 32.4. The minimum absolute atomic E-state index is 0.0250. The van der Waals surface area contributed by atoms with Crippen LogP contribution in [0.2, 0.25) is 0 Å². The van der Waals surface area contributed by atoms with E-state index in [2.05, 4.69) is 26.0 Å². The molecule has 37 heteroatoms. The molecule has 1 aromatic rings. The Labute approximate surface area is 566 Å². The van der Waals surface area contributed by atoms with Gasteiger partial charge >= 0.3 is 29.8 Å². The summed E-state index contributed by atoms with van der Waals surface area (Å²) in [5.41, 5.74) is 0. The van der Waals surface area contributed by atoms with E-state index >= 15 is 0 Å². The van der Waals surface area contributed by atoms with Crippen molar-refractivity contribution < 1.29 is 138 Å². The van der Waals surface area contributed by atoms with Crippen molar-refractivity contribution >= 4 is 53.5 Å². The monoisotopic (exact) mass is 1420 g/mol. The maximum atomic E-state index is 14.0. The number of aliphatic carboxylic acids is 4. The SMILES string of the molecule is COCCOCCOCCOCCOCCOCCNC(=O)CC[C@H](NC(=O)CCCCC(=O)Oc1c(F)c(F)cc(F)c1F)C(=O)NCCOCCOCCOCCOCCOCCNC(=O)CCC(C(=O)O)N1CCN(CC(=O)O)CCN(CC(=O)O)CCN(CC(=O)O)CC1. The van der Waals surface area contributed by atoms with Gasteiger partial charge in [-0.15, -0.1) is 0 Å². The zero-order valence-electron chi connectivity index (χ0n) is 55.8. The second-order valence-electron chi connectivity index (χ2n) is 21.7. The number of hydrogen-bond donors (Lipinski definition) is 8. The molecule has 0 radical (unpaired) electrons. The van der Waals surface area contributed by atoms with Crippen molar-refractivity contribution in [2.75, 3.05) is 237 Å². The summed E-state index contributed by atoms with van der Waals surface area (Å²) in [6.07, 6.45) is -1.23. The number of ether oxygens (including phenoxy) is 12. The molecule has 1 saturated heterocycles. The van der Waals surface area contributed by atoms with Gasteiger partial charge in [0.1, 0.15) is 12.1 Å². The number of esters is 1. The van der Waals surface area contributed by atoms with Gasteiger partial charge in [-0.3, -0.25) is 62.8 Å². The fraction of sp³-hybridized carbons (Fsp3) is 0.754. The number of carbonyl (C=O) groups is 9. The third kappa shape index (κ3) is 45.3. The quantitative estimate of drug-likeness (QED) is 0.0125. The molecule has 2 rings (SSSR count). The number of nitrogens with one attached hydrogen (secondary N) is 4. The molecular formula is C61H100F4N8O25. The summed E-state index contributed by atoms with van der Waals surface area (Å²) >= 11 is 0. The average molecular weight is 1420 g/mol. The number of unbranched alkanes of at least 4 members (excludes halogenated alkanes) is 1. The predicted octanol–water partition coefficient (Wildman–Crippen LogP) is -1.16. The van der Waals surface area contributed by atoms with Gasteiger partial charge in [-0.2, -0.15) is 8.78 Å². The molecule has 2 atom stereocenters. The van der Waals surface area contributed by atoms with Crippen LogP contribution in [0.4, 0.5) is 17.6 Å². The molecule has 1 aliphatic heterocycles. The molecular weight excluding hydrogens is 1320 g/mol. The fourth-order valence-electron chi connectivity index (χ4n) is 8.99. The van der Waals surface area contributed by atoms with Gasteiger partial charge in [0, 0.05) is 111 Å². The number of methoxy groups -OCH3 is 1. The van der Waals surface area contributed by atoms with Crippen LogP contribution in [0.15, 0.2) is 6.07 Å². The van der Waals surface area contributed by atoms with Gasteiger partial charge in [-0.1, -0.05) is 0 Å². The molecule has 0 saturated carbocycles. The summed E-state index contributed by atoms with van der Waals surface area (Å²) in [7, 11) is 1.60. The van der Waals surface area contributed by atoms with E-state index in [0.29, 0.717) is 59.5 Å². The molecule has 1 heterocycles. The van der Waals surface area contributed by atoms with Crippen LogP contribution >= 0.6 is 0 Å². The molecule has 0 aliphatic carbocycles. The number of rotatable bonds is 58. The van der Waals surface area contributed by atoms with E-state index in [0.717, 1.165) is 0 Å². The molecule has 1 aromatic carbocycles. The summed E-state index contributed by atoms with van der Waals surface area (Å²) in [4.78, 5) is 117. The molecule has 1 unspecified atom stereocenters. The smallest absolute Gasteiger partial charge is 0.320 e. The number of carboxylic acids is 4. The lowest BCUT2D eigenvalue weighted by Gasteiger charge is -2.35. The van der Waals surface area contributed by atoms with E-state index in [4.69, 9.17) is 52.1 Å². The third-order valence-electron chi connectivity index (χ3n) is 14.0. The largest absolute Gasteiger partial charge is 0.480 e. The Morgan fingerprint density at radius 2 is 0.765 bits per heavy atom. The molecule has 562 valence electrons. The number of carbonyl (C=O) groups excluding carboxylic acids is 5. The van der Waals surface area contributed by atoms with E-state index in [-0.39, 0.29) is 222 Å². The van der Waals surface area contributed by atoms with Crippen LogP contribution < -0.4 is 26.0 Å². The van der Waals surface area contributed by atoms with Gasteiger partial charge in [-0.05, 0) is 25.7 Å². The Morgan fingerprint density at radius 3 is 1.13 bits per heavy atom. The maximum Gasteiger partial charge on any atom is 0.320 e. The van der Waals surface area contributed by atoms with Gasteiger partial charge in [-0.25, -0.2) is 8.78 Å². The third-order valence-corrected chi connectivity index (χ3v) is 14.0. The van der Waals surface area contributed by atoms with Gasteiger partial charge in [0.05, 0.1) is 158 Å². The molecule has 1 fully saturated rings. The Balaban J connectivity index is 1.64. The normalized spacial score (nSPS) is 14.4. The van der Waals surface area contributed by atoms with E-state index in [1.165, 1.54) is 0 Å². The first-order chi connectivity index (χ1) is 47.2. The van der Waals surface area contributed by atoms with Gasteiger partial charge in [0.25, 0.3) is 0 Å². The maximum absolute atomic E-state index is 14.0. The number of carboxylic acid groups (broad SMARTS) is 4. The highest BCUT2D eigenvalue weighted by Crippen LogP contribution is 2.27. The molecule has 0 bridgehead atoms. The van der Waals surface area contributed by atoms with Crippen molar-refractivity contribution in [2.45, 2.75) is 63.5 Å². The standard InChI is InChI=1S/C61H100F4N8O25/c1-87-24-25-91-32-33-95-40-41-97-38-35-92-29-26-88-21-10-66-50(74)8-6-48(69-52(76)4-2-3-5-56(83)98-59-57(64)46(62)42-47(63)58(59)65)60(84)68-12-23-90-28-31-94-36-39-96-37-34-93-30-27-89-22-11-67-51(75)9-7-49(61(85)86)73-19-17-71(44-54(79)80)15-13-70(43-53(77)78)14-16-72(18-20-73)45-55(81)82/h42,48-49H,2-41,43-45H2,1H3,(H,66,74)(H,67,75)(H,68,84)(H,69,76)(H,77,78)(H,79,80)(H,81,82)(H,85,86)/t48-,49?/m0/s1. The topological polar surface area (TPSA) is 406 Å². The molecule has 4 amide bonds. The number of benzene rings is 1. The van der Waals surface area contributed by atoms with Gasteiger partial charge in [0.2, 0.25) is 41.0 Å². The minimum atomic E-state index is -1.89. The van der Waals surface area contributed by atoms with E-state index in [1.54, 1.807) is 26.7 Å². The van der Waals surface area contributed by atoms with Crippen molar-refractivity contribution in [1.82, 2.24) is 40.9 Å². The second kappa shape index (κ2) is 56.3. The molecule has 98 heavy (non-hydrogen) atoms. The van der Waals surface area contributed by atoms with Crippen LogP contribution in [-0.4, -0.2) is 343 Å². The lowest BCUT2D eigenvalue weighted by Crippen LogP contribution is -2.52. The van der Waals surface area contributed by atoms with Crippen molar-refractivity contribution in [2.24, 2.45) is 0 Å². The van der Waals surface area contributed by atoms with Crippen LogP contribution in [0.5, 0.6) is 5.75 Å². The highest BCUT2D eigenvalue weighted by molar-refractivity contribution is 5.88. The average Bonchev–Trinajstić information content (AvgIpc) is 0.836. The summed E-state index contributed by atoms with van der Waals surface area (Å²) < 4.78 is 119. The van der Waals surface area contributed by atoms with Crippen LogP contribution in [0.3, 0.4) is 0 Å². The van der Waals surface area contributed by atoms with Crippen LogP contribution in [0.25, 0.3) is 0 Å². The Morgan fingerprint density at radius 1 is 0.429 bits per heavy atom. The fourth-order valence-corrected chi connectivity index (χ4v) is 8.99. The van der Waals surface area contributed by atoms with Crippen molar-refractivity contribution in [3.8, 4) is 5.75 Å². The predicted molar refractivity (Wildman–Crippen MR) is 335 cm³/mol. The molecule has 1 aliphatic rings. The summed E-state index contributed by atoms with van der Waals surface area (Å²) in [6, 6.07) is -2.37. The number of nitrogens with zero attached hydrogens (tertiary/aromatic N) is 4. The zero-order valence-corrected chi connectivity index (χ0v) is 55.8. The van der Waals surface area contributed by atoms with E-state index in [9.17, 15) is 81.1 Å². The summed E-state index contributed by atoms with van der Waals surface area (Å²) in [5, 5.41) is 49.2. The van der Waals surface area contributed by atoms with Crippen LogP contribution in [-0.2, 0) is 95.3 Å². The van der Waals surface area contributed by atoms with Crippen molar-refractivity contribution in [3.63, 3.8) is 0 Å². The first-order valence-corrected chi connectivity index (χ1v) is 32.4.